The van der Waals surface area contributed by atoms with Crippen molar-refractivity contribution in [3.05, 3.63) is 17.5 Å². The molecule has 0 N–H and O–H groups in total. The molecule has 0 radical (unpaired) electrons. The second kappa shape index (κ2) is 1.87. The van der Waals surface area contributed by atoms with Gasteiger partial charge in [-0.3, -0.25) is 0 Å². The normalized spacial score (nSPS) is 33.8. The van der Waals surface area contributed by atoms with Crippen LogP contribution in [0.1, 0.15) is 36.5 Å². The molecule has 2 heteroatoms. The minimum absolute atomic E-state index is 0.787. The zero-order valence-corrected chi connectivity index (χ0v) is 6.42. The summed E-state index contributed by atoms with van der Waals surface area (Å²) in [6, 6.07) is 0. The van der Waals surface area contributed by atoms with E-state index in [-0.39, 0.29) is 0 Å². The van der Waals surface area contributed by atoms with E-state index >= 15 is 0 Å². The first kappa shape index (κ1) is 5.81. The molecule has 0 aliphatic heterocycles. The highest BCUT2D eigenvalue weighted by molar-refractivity contribution is 5.24. The highest BCUT2D eigenvalue weighted by atomic mass is 16.5. The number of aromatic nitrogens is 1. The summed E-state index contributed by atoms with van der Waals surface area (Å²) in [6.45, 7) is 0. The van der Waals surface area contributed by atoms with E-state index in [9.17, 15) is 0 Å². The topological polar surface area (TPSA) is 26.0 Å². The molecule has 1 saturated carbocycles. The van der Waals surface area contributed by atoms with Crippen LogP contribution in [0, 0.1) is 5.92 Å². The summed E-state index contributed by atoms with van der Waals surface area (Å²) in [5.74, 6) is 2.86. The molecule has 0 saturated heterocycles. The lowest BCUT2D eigenvalue weighted by Gasteiger charge is -2.15. The number of hydrogen-bond donors (Lipinski definition) is 0. The first-order chi connectivity index (χ1) is 5.43. The van der Waals surface area contributed by atoms with Gasteiger partial charge in [0.05, 0.1) is 6.20 Å². The lowest BCUT2D eigenvalue weighted by molar-refractivity contribution is 0.348. The summed E-state index contributed by atoms with van der Waals surface area (Å²) >= 11 is 0. The van der Waals surface area contributed by atoms with Gasteiger partial charge in [0.2, 0.25) is 0 Å². The van der Waals surface area contributed by atoms with Crippen molar-refractivity contribution in [1.82, 2.24) is 5.16 Å². The molecule has 11 heavy (non-hydrogen) atoms. The van der Waals surface area contributed by atoms with Crippen LogP contribution >= 0.6 is 0 Å². The average Bonchev–Trinajstić information content (AvgIpc) is 2.58. The minimum Gasteiger partial charge on any atom is -0.361 e. The van der Waals surface area contributed by atoms with Gasteiger partial charge in [0.15, 0.2) is 0 Å². The Kier molecular flexibility index (Phi) is 0.989. The standard InChI is InChI=1S/C9H11NO/c1-2-7-3-6(1)4-9-8(7)5-10-11-9/h5-7H,1-4H2/t6-,7+/m1/s1. The number of fused-ring (bicyclic) bond motifs is 4. The third-order valence-electron chi connectivity index (χ3n) is 3.13. The molecule has 2 aliphatic rings. The van der Waals surface area contributed by atoms with Crippen molar-refractivity contribution in [2.75, 3.05) is 0 Å². The second-order valence-electron chi connectivity index (χ2n) is 3.78. The van der Waals surface area contributed by atoms with Crippen molar-refractivity contribution in [3.8, 4) is 0 Å². The van der Waals surface area contributed by atoms with Crippen molar-refractivity contribution in [2.24, 2.45) is 5.92 Å². The van der Waals surface area contributed by atoms with Crippen LogP contribution in [-0.2, 0) is 6.42 Å². The molecule has 0 unspecified atom stereocenters. The average molecular weight is 149 g/mol. The summed E-state index contributed by atoms with van der Waals surface area (Å²) in [6.07, 6.45) is 7.20. The smallest absolute Gasteiger partial charge is 0.140 e. The van der Waals surface area contributed by atoms with Crippen LogP contribution in [0.5, 0.6) is 0 Å². The molecule has 1 aromatic heterocycles. The minimum atomic E-state index is 0.787. The highest BCUT2D eigenvalue weighted by Crippen LogP contribution is 2.45. The molecule has 1 fully saturated rings. The predicted molar refractivity (Wildman–Crippen MR) is 40.3 cm³/mol. The first-order valence-corrected chi connectivity index (χ1v) is 4.37. The Labute approximate surface area is 65.6 Å². The van der Waals surface area contributed by atoms with E-state index in [0.29, 0.717) is 0 Å². The second-order valence-corrected chi connectivity index (χ2v) is 3.78. The largest absolute Gasteiger partial charge is 0.361 e. The lowest BCUT2D eigenvalue weighted by atomic mass is 9.88. The van der Waals surface area contributed by atoms with Gasteiger partial charge in [0.25, 0.3) is 0 Å². The third-order valence-corrected chi connectivity index (χ3v) is 3.13. The Morgan fingerprint density at radius 1 is 1.45 bits per heavy atom. The summed E-state index contributed by atoms with van der Waals surface area (Å²) < 4.78 is 5.19. The molecule has 0 spiro atoms. The summed E-state index contributed by atoms with van der Waals surface area (Å²) in [4.78, 5) is 0. The zero-order valence-electron chi connectivity index (χ0n) is 6.42. The Bertz CT molecular complexity index is 279. The molecule has 2 bridgehead atoms. The van der Waals surface area contributed by atoms with Crippen LogP contribution in [0.15, 0.2) is 10.7 Å². The summed E-state index contributed by atoms with van der Waals surface area (Å²) in [5.41, 5.74) is 1.40. The van der Waals surface area contributed by atoms with Crippen LogP contribution in [0.2, 0.25) is 0 Å². The predicted octanol–water partition coefficient (Wildman–Crippen LogP) is 2.11. The van der Waals surface area contributed by atoms with E-state index in [0.717, 1.165) is 18.3 Å². The fraction of sp³-hybridized carbons (Fsp3) is 0.667. The van der Waals surface area contributed by atoms with Crippen molar-refractivity contribution in [2.45, 2.75) is 31.6 Å². The Hall–Kier alpha value is -0.790. The molecule has 0 aromatic carbocycles. The maximum absolute atomic E-state index is 5.19. The van der Waals surface area contributed by atoms with Gasteiger partial charge in [-0.1, -0.05) is 5.16 Å². The Balaban J connectivity index is 2.12. The number of nitrogens with zero attached hydrogens (tertiary/aromatic N) is 1. The molecular formula is C9H11NO. The van der Waals surface area contributed by atoms with Gasteiger partial charge >= 0.3 is 0 Å². The van der Waals surface area contributed by atoms with E-state index in [4.69, 9.17) is 4.52 Å². The van der Waals surface area contributed by atoms with Gasteiger partial charge in [-0.15, -0.1) is 0 Å². The summed E-state index contributed by atoms with van der Waals surface area (Å²) in [5, 5.41) is 3.85. The molecule has 1 aromatic rings. The zero-order chi connectivity index (χ0) is 7.26. The van der Waals surface area contributed by atoms with Crippen molar-refractivity contribution in [3.63, 3.8) is 0 Å². The van der Waals surface area contributed by atoms with Gasteiger partial charge in [-0.2, -0.15) is 0 Å². The van der Waals surface area contributed by atoms with Crippen LogP contribution in [0.25, 0.3) is 0 Å². The molecule has 3 rings (SSSR count). The van der Waals surface area contributed by atoms with E-state index in [1.54, 1.807) is 0 Å². The third kappa shape index (κ3) is 0.697. The van der Waals surface area contributed by atoms with Crippen molar-refractivity contribution in [1.29, 1.82) is 0 Å². The number of hydrogen-bond acceptors (Lipinski definition) is 2. The maximum Gasteiger partial charge on any atom is 0.140 e. The monoisotopic (exact) mass is 149 g/mol. The Morgan fingerprint density at radius 2 is 2.45 bits per heavy atom. The summed E-state index contributed by atoms with van der Waals surface area (Å²) in [7, 11) is 0. The molecule has 2 atom stereocenters. The molecule has 2 aliphatic carbocycles. The first-order valence-electron chi connectivity index (χ1n) is 4.37. The van der Waals surface area contributed by atoms with Crippen LogP contribution < -0.4 is 0 Å². The van der Waals surface area contributed by atoms with Gasteiger partial charge in [-0.05, 0) is 31.1 Å². The van der Waals surface area contributed by atoms with E-state index < -0.39 is 0 Å². The lowest BCUT2D eigenvalue weighted by Crippen LogP contribution is -2.07. The van der Waals surface area contributed by atoms with Crippen molar-refractivity contribution >= 4 is 0 Å². The number of rotatable bonds is 0. The van der Waals surface area contributed by atoms with Gasteiger partial charge < -0.3 is 4.52 Å². The molecule has 2 nitrogen and oxygen atoms in total. The molecule has 58 valence electrons. The molecule has 0 amide bonds. The quantitative estimate of drug-likeness (QED) is 0.564. The van der Waals surface area contributed by atoms with Crippen LogP contribution in [0.4, 0.5) is 0 Å². The van der Waals surface area contributed by atoms with Crippen molar-refractivity contribution < 1.29 is 4.52 Å². The van der Waals surface area contributed by atoms with E-state index in [1.807, 2.05) is 6.20 Å². The molecule has 1 heterocycles. The van der Waals surface area contributed by atoms with E-state index in [1.165, 1.54) is 30.6 Å². The van der Waals surface area contributed by atoms with Gasteiger partial charge in [0.1, 0.15) is 5.76 Å². The Morgan fingerprint density at radius 3 is 3.45 bits per heavy atom. The molecular weight excluding hydrogens is 138 g/mol. The SMILES string of the molecule is c1noc2c1[C@H]1CC[C@@H](C2)C1. The highest BCUT2D eigenvalue weighted by Gasteiger charge is 2.35. The fourth-order valence-electron chi connectivity index (χ4n) is 2.56. The fourth-order valence-corrected chi connectivity index (χ4v) is 2.56. The van der Waals surface area contributed by atoms with Crippen LogP contribution in [0.3, 0.4) is 0 Å². The maximum atomic E-state index is 5.19. The van der Waals surface area contributed by atoms with Gasteiger partial charge in [-0.25, -0.2) is 0 Å². The van der Waals surface area contributed by atoms with E-state index in [2.05, 4.69) is 5.16 Å². The van der Waals surface area contributed by atoms with Crippen LogP contribution in [-0.4, -0.2) is 5.16 Å². The van der Waals surface area contributed by atoms with Gasteiger partial charge in [0, 0.05) is 12.0 Å².